The molecule has 1 aromatic rings. The lowest BCUT2D eigenvalue weighted by molar-refractivity contribution is 0.0974. The first kappa shape index (κ1) is 15.1. The Morgan fingerprint density at radius 3 is 2.83 bits per heavy atom. The molecule has 0 bridgehead atoms. The van der Waals surface area contributed by atoms with E-state index in [2.05, 4.69) is 10.4 Å². The SMILES string of the molecule is COCCNCC(=O)c1c(Cl)cnn1CCOC. The molecule has 0 atom stereocenters. The summed E-state index contributed by atoms with van der Waals surface area (Å²) in [5.74, 6) is -0.0929. The average molecular weight is 276 g/mol. The number of hydrogen-bond donors (Lipinski definition) is 1. The molecule has 0 amide bonds. The van der Waals surface area contributed by atoms with Gasteiger partial charge in [0.2, 0.25) is 0 Å². The number of Topliss-reactive ketones (excluding diaryl/α,β-unsaturated/α-hetero) is 1. The Morgan fingerprint density at radius 1 is 1.44 bits per heavy atom. The van der Waals surface area contributed by atoms with Crippen molar-refractivity contribution in [2.24, 2.45) is 0 Å². The van der Waals surface area contributed by atoms with Gasteiger partial charge in [-0.2, -0.15) is 5.10 Å². The molecule has 18 heavy (non-hydrogen) atoms. The number of methoxy groups -OCH3 is 2. The van der Waals surface area contributed by atoms with E-state index >= 15 is 0 Å². The van der Waals surface area contributed by atoms with Crippen molar-refractivity contribution < 1.29 is 14.3 Å². The number of nitrogens with one attached hydrogen (secondary N) is 1. The Hall–Kier alpha value is -0.950. The van der Waals surface area contributed by atoms with Crippen molar-refractivity contribution in [2.75, 3.05) is 40.5 Å². The number of hydrogen-bond acceptors (Lipinski definition) is 5. The molecule has 0 aliphatic rings. The normalized spacial score (nSPS) is 10.8. The topological polar surface area (TPSA) is 65.4 Å². The van der Waals surface area contributed by atoms with Gasteiger partial charge >= 0.3 is 0 Å². The van der Waals surface area contributed by atoms with Crippen LogP contribution in [0.2, 0.25) is 5.02 Å². The maximum atomic E-state index is 12.0. The standard InChI is InChI=1S/C11H18ClN3O3/c1-17-5-3-13-8-10(16)11-9(12)7-14-15(11)4-6-18-2/h7,13H,3-6,8H2,1-2H3. The van der Waals surface area contributed by atoms with Crippen LogP contribution in [0.5, 0.6) is 0 Å². The Balaban J connectivity index is 2.57. The van der Waals surface area contributed by atoms with Gasteiger partial charge in [-0.05, 0) is 0 Å². The molecule has 0 saturated carbocycles. The Morgan fingerprint density at radius 2 is 2.17 bits per heavy atom. The van der Waals surface area contributed by atoms with Gasteiger partial charge in [-0.15, -0.1) is 0 Å². The number of halogens is 1. The minimum atomic E-state index is -0.0929. The second-order valence-corrected chi connectivity index (χ2v) is 4.06. The molecule has 0 aliphatic carbocycles. The maximum Gasteiger partial charge on any atom is 0.196 e. The highest BCUT2D eigenvalue weighted by Crippen LogP contribution is 2.15. The Bertz CT molecular complexity index is 382. The molecule has 0 saturated heterocycles. The lowest BCUT2D eigenvalue weighted by Crippen LogP contribution is -2.28. The van der Waals surface area contributed by atoms with Crippen molar-refractivity contribution in [3.05, 3.63) is 16.9 Å². The van der Waals surface area contributed by atoms with Gasteiger partial charge in [-0.25, -0.2) is 0 Å². The molecule has 7 heteroatoms. The minimum Gasteiger partial charge on any atom is -0.383 e. The molecule has 0 fully saturated rings. The molecule has 0 aliphatic heterocycles. The van der Waals surface area contributed by atoms with Crippen LogP contribution in [0.25, 0.3) is 0 Å². The zero-order valence-corrected chi connectivity index (χ0v) is 11.4. The summed E-state index contributed by atoms with van der Waals surface area (Å²) in [6.07, 6.45) is 1.47. The Labute approximate surface area is 111 Å². The van der Waals surface area contributed by atoms with E-state index in [0.717, 1.165) is 0 Å². The molecule has 1 rings (SSSR count). The molecular formula is C11H18ClN3O3. The highest BCUT2D eigenvalue weighted by atomic mass is 35.5. The lowest BCUT2D eigenvalue weighted by Gasteiger charge is -2.07. The van der Waals surface area contributed by atoms with Crippen LogP contribution in [0.3, 0.4) is 0 Å². The summed E-state index contributed by atoms with van der Waals surface area (Å²) in [5, 5.41) is 7.39. The van der Waals surface area contributed by atoms with E-state index in [4.69, 9.17) is 21.1 Å². The number of ether oxygens (including phenoxy) is 2. The summed E-state index contributed by atoms with van der Waals surface area (Å²) in [6, 6.07) is 0. The second-order valence-electron chi connectivity index (χ2n) is 3.65. The van der Waals surface area contributed by atoms with Crippen LogP contribution in [0.1, 0.15) is 10.5 Å². The minimum absolute atomic E-state index is 0.0929. The molecule has 1 N–H and O–H groups in total. The van der Waals surface area contributed by atoms with Gasteiger partial charge < -0.3 is 14.8 Å². The fourth-order valence-corrected chi connectivity index (χ4v) is 1.69. The second kappa shape index (κ2) is 8.20. The summed E-state index contributed by atoms with van der Waals surface area (Å²) >= 11 is 5.96. The molecule has 0 unspecified atom stereocenters. The van der Waals surface area contributed by atoms with E-state index in [9.17, 15) is 4.79 Å². The van der Waals surface area contributed by atoms with Crippen LogP contribution in [0.15, 0.2) is 6.20 Å². The number of carbonyl (C=O) groups excluding carboxylic acids is 1. The van der Waals surface area contributed by atoms with E-state index < -0.39 is 0 Å². The van der Waals surface area contributed by atoms with E-state index in [0.29, 0.717) is 37.0 Å². The first-order valence-electron chi connectivity index (χ1n) is 5.63. The molecular weight excluding hydrogens is 258 g/mol. The number of nitrogens with zero attached hydrogens (tertiary/aromatic N) is 2. The molecule has 1 aromatic heterocycles. The molecule has 102 valence electrons. The molecule has 0 radical (unpaired) electrons. The summed E-state index contributed by atoms with van der Waals surface area (Å²) in [6.45, 7) is 2.37. The van der Waals surface area contributed by atoms with Crippen LogP contribution in [0, 0.1) is 0 Å². The smallest absolute Gasteiger partial charge is 0.196 e. The quantitative estimate of drug-likeness (QED) is 0.528. The summed E-state index contributed by atoms with van der Waals surface area (Å²) < 4.78 is 11.4. The fraction of sp³-hybridized carbons (Fsp3) is 0.636. The van der Waals surface area contributed by atoms with E-state index in [1.54, 1.807) is 18.9 Å². The van der Waals surface area contributed by atoms with Crippen LogP contribution in [0.4, 0.5) is 0 Å². The van der Waals surface area contributed by atoms with Gasteiger partial charge in [-0.3, -0.25) is 9.48 Å². The van der Waals surface area contributed by atoms with Gasteiger partial charge in [0.05, 0.1) is 37.5 Å². The highest BCUT2D eigenvalue weighted by molar-refractivity contribution is 6.33. The predicted molar refractivity (Wildman–Crippen MR) is 68.2 cm³/mol. The highest BCUT2D eigenvalue weighted by Gasteiger charge is 2.16. The monoisotopic (exact) mass is 275 g/mol. The fourth-order valence-electron chi connectivity index (χ4n) is 1.45. The van der Waals surface area contributed by atoms with Gasteiger partial charge in [-0.1, -0.05) is 11.6 Å². The van der Waals surface area contributed by atoms with Crippen molar-refractivity contribution in [1.82, 2.24) is 15.1 Å². The molecule has 6 nitrogen and oxygen atoms in total. The first-order valence-corrected chi connectivity index (χ1v) is 6.01. The zero-order valence-electron chi connectivity index (χ0n) is 10.6. The van der Waals surface area contributed by atoms with Crippen molar-refractivity contribution in [1.29, 1.82) is 0 Å². The molecule has 1 heterocycles. The predicted octanol–water partition coefficient (Wildman–Crippen LogP) is 0.602. The number of aromatic nitrogens is 2. The zero-order chi connectivity index (χ0) is 13.4. The van der Waals surface area contributed by atoms with Crippen molar-refractivity contribution in [3.8, 4) is 0 Å². The van der Waals surface area contributed by atoms with E-state index in [-0.39, 0.29) is 12.3 Å². The third-order valence-electron chi connectivity index (χ3n) is 2.33. The third-order valence-corrected chi connectivity index (χ3v) is 2.61. The van der Waals surface area contributed by atoms with E-state index in [1.165, 1.54) is 6.20 Å². The van der Waals surface area contributed by atoms with Crippen LogP contribution < -0.4 is 5.32 Å². The van der Waals surface area contributed by atoms with Crippen LogP contribution in [-0.4, -0.2) is 56.1 Å². The average Bonchev–Trinajstić information content (AvgIpc) is 2.73. The summed E-state index contributed by atoms with van der Waals surface area (Å²) in [5.41, 5.74) is 0.415. The van der Waals surface area contributed by atoms with Gasteiger partial charge in [0.25, 0.3) is 0 Å². The summed E-state index contributed by atoms with van der Waals surface area (Å²) in [4.78, 5) is 12.0. The van der Waals surface area contributed by atoms with Crippen molar-refractivity contribution in [2.45, 2.75) is 6.54 Å². The Kier molecular flexibility index (Phi) is 6.89. The van der Waals surface area contributed by atoms with E-state index in [1.807, 2.05) is 0 Å². The number of rotatable bonds is 9. The van der Waals surface area contributed by atoms with Gasteiger partial charge in [0.15, 0.2) is 5.78 Å². The van der Waals surface area contributed by atoms with Crippen LogP contribution in [-0.2, 0) is 16.0 Å². The van der Waals surface area contributed by atoms with Gasteiger partial charge in [0, 0.05) is 20.8 Å². The third kappa shape index (κ3) is 4.38. The van der Waals surface area contributed by atoms with Crippen molar-refractivity contribution in [3.63, 3.8) is 0 Å². The van der Waals surface area contributed by atoms with Crippen LogP contribution >= 0.6 is 11.6 Å². The first-order chi connectivity index (χ1) is 8.70. The van der Waals surface area contributed by atoms with Crippen molar-refractivity contribution >= 4 is 17.4 Å². The van der Waals surface area contributed by atoms with Gasteiger partial charge in [0.1, 0.15) is 5.69 Å². The summed E-state index contributed by atoms with van der Waals surface area (Å²) in [7, 11) is 3.21. The lowest BCUT2D eigenvalue weighted by atomic mass is 10.3. The maximum absolute atomic E-state index is 12.0. The largest absolute Gasteiger partial charge is 0.383 e. The molecule has 0 spiro atoms. The number of ketones is 1. The number of carbonyl (C=O) groups is 1. The molecule has 0 aromatic carbocycles.